The number of aromatic hydroxyl groups is 1. The summed E-state index contributed by atoms with van der Waals surface area (Å²) >= 11 is 5.66. The Morgan fingerprint density at radius 2 is 2.14 bits per heavy atom. The highest BCUT2D eigenvalue weighted by atomic mass is 32.2. The van der Waals surface area contributed by atoms with Gasteiger partial charge >= 0.3 is 5.97 Å². The predicted molar refractivity (Wildman–Crippen MR) is 117 cm³/mol. The summed E-state index contributed by atoms with van der Waals surface area (Å²) in [6.07, 6.45) is 0. The van der Waals surface area contributed by atoms with E-state index in [0.717, 1.165) is 10.8 Å². The van der Waals surface area contributed by atoms with Crippen LogP contribution in [0.25, 0.3) is 0 Å². The van der Waals surface area contributed by atoms with Crippen LogP contribution in [0.4, 0.5) is 0 Å². The van der Waals surface area contributed by atoms with Crippen LogP contribution >= 0.6 is 24.4 Å². The lowest BCUT2D eigenvalue weighted by Gasteiger charge is -2.24. The molecule has 10 heteroatoms. The van der Waals surface area contributed by atoms with E-state index in [4.69, 9.17) is 14.2 Å². The molecular weight excluding hydrogens is 416 g/mol. The number of phenols is 1. The maximum Gasteiger partial charge on any atom is 0.321 e. The minimum absolute atomic E-state index is 0.0405. The zero-order valence-corrected chi connectivity index (χ0v) is 18.3. The molecule has 1 aromatic rings. The Morgan fingerprint density at radius 3 is 2.79 bits per heavy atom. The van der Waals surface area contributed by atoms with E-state index in [2.05, 4.69) is 17.6 Å². The van der Waals surface area contributed by atoms with Crippen LogP contribution in [0, 0.1) is 0 Å². The van der Waals surface area contributed by atoms with E-state index in [9.17, 15) is 15.0 Å². The first-order chi connectivity index (χ1) is 14.0. The number of thioether (sulfide) groups is 1. The van der Waals surface area contributed by atoms with Crippen LogP contribution in [0.1, 0.15) is 5.56 Å². The summed E-state index contributed by atoms with van der Waals surface area (Å²) in [5, 5.41) is 20.4. The van der Waals surface area contributed by atoms with Crippen molar-refractivity contribution < 1.29 is 29.2 Å². The minimum Gasteiger partial charge on any atom is -0.507 e. The summed E-state index contributed by atoms with van der Waals surface area (Å²) in [5.74, 6) is 0.730. The molecule has 0 saturated carbocycles. The molecule has 2 N–H and O–H groups in total. The lowest BCUT2D eigenvalue weighted by molar-refractivity contribution is -0.141. The summed E-state index contributed by atoms with van der Waals surface area (Å²) in [7, 11) is 3.38. The van der Waals surface area contributed by atoms with Gasteiger partial charge < -0.3 is 24.4 Å². The third-order valence-electron chi connectivity index (χ3n) is 4.33. The highest BCUT2D eigenvalue weighted by Gasteiger charge is 2.27. The van der Waals surface area contributed by atoms with Crippen molar-refractivity contribution in [2.24, 2.45) is 4.99 Å². The van der Waals surface area contributed by atoms with Gasteiger partial charge in [0.2, 0.25) is 0 Å². The van der Waals surface area contributed by atoms with Crippen molar-refractivity contribution in [2.75, 3.05) is 58.6 Å². The SMILES string of the molecule is COCCOCCOc1ccc(C2=N[C@@H](CN(C)[C@H](CS)C(=O)O)CS2)c(O)c1. The molecule has 162 valence electrons. The number of rotatable bonds is 13. The number of benzene rings is 1. The predicted octanol–water partition coefficient (Wildman–Crippen LogP) is 1.61. The average Bonchev–Trinajstić information content (AvgIpc) is 3.13. The van der Waals surface area contributed by atoms with Crippen LogP contribution in [0.15, 0.2) is 23.2 Å². The third kappa shape index (κ3) is 7.38. The number of carbonyl (C=O) groups is 1. The van der Waals surface area contributed by atoms with Crippen molar-refractivity contribution in [3.05, 3.63) is 23.8 Å². The van der Waals surface area contributed by atoms with E-state index in [1.54, 1.807) is 49.0 Å². The fraction of sp³-hybridized carbons (Fsp3) is 0.579. The fourth-order valence-electron chi connectivity index (χ4n) is 2.77. The Morgan fingerprint density at radius 1 is 1.38 bits per heavy atom. The zero-order valence-electron chi connectivity index (χ0n) is 16.6. The number of aliphatic carboxylic acids is 1. The zero-order chi connectivity index (χ0) is 21.2. The van der Waals surface area contributed by atoms with Gasteiger partial charge in [0.25, 0.3) is 0 Å². The van der Waals surface area contributed by atoms with Crippen molar-refractivity contribution in [1.82, 2.24) is 4.90 Å². The molecule has 1 heterocycles. The van der Waals surface area contributed by atoms with Crippen molar-refractivity contribution in [3.63, 3.8) is 0 Å². The molecule has 0 aliphatic carbocycles. The van der Waals surface area contributed by atoms with Crippen LogP contribution in [0.2, 0.25) is 0 Å². The second kappa shape index (κ2) is 12.3. The number of thiol groups is 1. The number of hydrogen-bond donors (Lipinski definition) is 3. The molecule has 1 aliphatic rings. The molecule has 0 amide bonds. The van der Waals surface area contributed by atoms with Gasteiger partial charge in [-0.3, -0.25) is 14.7 Å². The molecule has 1 aromatic carbocycles. The largest absolute Gasteiger partial charge is 0.507 e. The highest BCUT2D eigenvalue weighted by molar-refractivity contribution is 8.14. The topological polar surface area (TPSA) is 101 Å². The fourth-order valence-corrected chi connectivity index (χ4v) is 4.28. The summed E-state index contributed by atoms with van der Waals surface area (Å²) in [6.45, 7) is 2.38. The van der Waals surface area contributed by atoms with Gasteiger partial charge in [-0.25, -0.2) is 0 Å². The highest BCUT2D eigenvalue weighted by Crippen LogP contribution is 2.31. The molecule has 2 atom stereocenters. The normalized spacial score (nSPS) is 17.4. The van der Waals surface area contributed by atoms with Gasteiger partial charge in [-0.05, 0) is 19.2 Å². The van der Waals surface area contributed by atoms with Gasteiger partial charge in [0.15, 0.2) is 0 Å². The summed E-state index contributed by atoms with van der Waals surface area (Å²) in [5.41, 5.74) is 0.646. The van der Waals surface area contributed by atoms with Crippen LogP contribution in [-0.4, -0.2) is 96.8 Å². The van der Waals surface area contributed by atoms with E-state index in [0.29, 0.717) is 44.3 Å². The smallest absolute Gasteiger partial charge is 0.321 e. The van der Waals surface area contributed by atoms with E-state index in [1.165, 1.54) is 0 Å². The van der Waals surface area contributed by atoms with Crippen LogP contribution in [0.5, 0.6) is 11.5 Å². The van der Waals surface area contributed by atoms with Crippen molar-refractivity contribution in [3.8, 4) is 11.5 Å². The van der Waals surface area contributed by atoms with Crippen LogP contribution in [0.3, 0.4) is 0 Å². The first kappa shape index (κ1) is 23.8. The molecule has 2 rings (SSSR count). The summed E-state index contributed by atoms with van der Waals surface area (Å²) < 4.78 is 15.8. The monoisotopic (exact) mass is 444 g/mol. The lowest BCUT2D eigenvalue weighted by atomic mass is 10.2. The van der Waals surface area contributed by atoms with Crippen molar-refractivity contribution in [2.45, 2.75) is 12.1 Å². The van der Waals surface area contributed by atoms with E-state index in [-0.39, 0.29) is 17.5 Å². The molecular formula is C19H28N2O6S2. The number of likely N-dealkylation sites (N-methyl/N-ethyl adjacent to an activating group) is 1. The molecule has 8 nitrogen and oxygen atoms in total. The molecule has 0 unspecified atom stereocenters. The number of carboxylic acids is 1. The van der Waals surface area contributed by atoms with Crippen LogP contribution in [-0.2, 0) is 14.3 Å². The number of carboxylic acid groups (broad SMARTS) is 1. The maximum absolute atomic E-state index is 11.3. The Balaban J connectivity index is 1.90. The second-order valence-corrected chi connectivity index (χ2v) is 7.88. The Kier molecular flexibility index (Phi) is 10.1. The first-order valence-electron chi connectivity index (χ1n) is 9.23. The van der Waals surface area contributed by atoms with E-state index < -0.39 is 12.0 Å². The Bertz CT molecular complexity index is 703. The van der Waals surface area contributed by atoms with Gasteiger partial charge in [0.05, 0.1) is 25.9 Å². The standard InChI is InChI=1S/C19H28N2O6S2/c1-21(16(11-28)19(23)24)10-13-12-29-18(20-13)15-4-3-14(9-17(15)22)27-8-7-26-6-5-25-2/h3-4,9,13,16,22,28H,5-8,10-12H2,1-2H3,(H,23,24)/t13-,16+/m0/s1. The van der Waals surface area contributed by atoms with Crippen molar-refractivity contribution >= 4 is 35.4 Å². The van der Waals surface area contributed by atoms with Crippen molar-refractivity contribution in [1.29, 1.82) is 0 Å². The van der Waals surface area contributed by atoms with E-state index in [1.807, 2.05) is 0 Å². The molecule has 0 radical (unpaired) electrons. The third-order valence-corrected chi connectivity index (χ3v) is 5.82. The Labute approximate surface area is 180 Å². The van der Waals surface area contributed by atoms with Gasteiger partial charge in [-0.1, -0.05) is 0 Å². The first-order valence-corrected chi connectivity index (χ1v) is 10.9. The number of aliphatic imine (C=N–C) groups is 1. The van der Waals surface area contributed by atoms with Crippen LogP contribution < -0.4 is 4.74 Å². The Hall–Kier alpha value is -1.46. The summed E-state index contributed by atoms with van der Waals surface area (Å²) in [6, 6.07) is 4.44. The average molecular weight is 445 g/mol. The van der Waals surface area contributed by atoms with Gasteiger partial charge in [-0.2, -0.15) is 12.6 Å². The molecule has 0 spiro atoms. The number of hydrogen-bond acceptors (Lipinski definition) is 9. The van der Waals surface area contributed by atoms with Gasteiger partial charge in [0.1, 0.15) is 29.2 Å². The number of methoxy groups -OCH3 is 1. The molecule has 0 aromatic heterocycles. The summed E-state index contributed by atoms with van der Waals surface area (Å²) in [4.78, 5) is 17.7. The van der Waals surface area contributed by atoms with E-state index >= 15 is 0 Å². The maximum atomic E-state index is 11.3. The number of ether oxygens (including phenoxy) is 3. The lowest BCUT2D eigenvalue weighted by Crippen LogP contribution is -2.43. The minimum atomic E-state index is -0.894. The molecule has 0 fully saturated rings. The van der Waals surface area contributed by atoms with Gasteiger partial charge in [-0.15, -0.1) is 11.8 Å². The van der Waals surface area contributed by atoms with Gasteiger partial charge in [0, 0.05) is 36.8 Å². The number of phenolic OH excluding ortho intramolecular Hbond substituents is 1. The molecule has 0 bridgehead atoms. The molecule has 1 aliphatic heterocycles. The second-order valence-electron chi connectivity index (χ2n) is 6.51. The molecule has 0 saturated heterocycles. The number of nitrogens with zero attached hydrogens (tertiary/aromatic N) is 2. The quantitative estimate of drug-likeness (QED) is 0.312. The molecule has 29 heavy (non-hydrogen) atoms.